The minimum atomic E-state index is -2.75. The van der Waals surface area contributed by atoms with Crippen LogP contribution in [0.4, 0.5) is 0 Å². The van der Waals surface area contributed by atoms with Gasteiger partial charge in [0.15, 0.2) is 8.32 Å². The SMILES string of the molecule is Cn1cc(C#CC[C@@H](CO[Si](c2ccccc2)(c2ccccc2)C(C)(C)C)CC(C)(C)[Si](C)(C)O)c(=O)[nH]c1=O. The highest BCUT2D eigenvalue weighted by Gasteiger charge is 2.50. The molecule has 0 aliphatic heterocycles. The third kappa shape index (κ3) is 7.02. The molecule has 8 heteroatoms. The van der Waals surface area contributed by atoms with E-state index >= 15 is 0 Å². The molecule has 0 unspecified atom stereocenters. The number of aromatic amines is 1. The molecule has 1 aromatic heterocycles. The van der Waals surface area contributed by atoms with Crippen LogP contribution in [0.5, 0.6) is 0 Å². The van der Waals surface area contributed by atoms with Crippen LogP contribution in [0.1, 0.15) is 53.0 Å². The summed E-state index contributed by atoms with van der Waals surface area (Å²) in [5.74, 6) is 6.20. The normalized spacial score (nSPS) is 13.4. The molecule has 0 aliphatic rings. The van der Waals surface area contributed by atoms with Crippen molar-refractivity contribution >= 4 is 27.0 Å². The van der Waals surface area contributed by atoms with Crippen LogP contribution in [0, 0.1) is 17.8 Å². The fourth-order valence-electron chi connectivity index (χ4n) is 5.11. The Balaban J connectivity index is 2.04. The maximum absolute atomic E-state index is 12.3. The average molecular weight is 577 g/mol. The highest BCUT2D eigenvalue weighted by molar-refractivity contribution is 6.99. The molecule has 3 rings (SSSR count). The highest BCUT2D eigenvalue weighted by Crippen LogP contribution is 2.43. The Morgan fingerprint density at radius 3 is 1.95 bits per heavy atom. The van der Waals surface area contributed by atoms with Crippen molar-refractivity contribution in [3.63, 3.8) is 0 Å². The summed E-state index contributed by atoms with van der Waals surface area (Å²) in [4.78, 5) is 37.4. The number of H-pyrrole nitrogens is 1. The molecule has 2 N–H and O–H groups in total. The third-order valence-electron chi connectivity index (χ3n) is 8.13. The smallest absolute Gasteiger partial charge is 0.328 e. The van der Waals surface area contributed by atoms with Crippen molar-refractivity contribution in [3.05, 3.63) is 93.3 Å². The van der Waals surface area contributed by atoms with Crippen LogP contribution >= 0.6 is 0 Å². The largest absolute Gasteiger partial charge is 0.432 e. The summed E-state index contributed by atoms with van der Waals surface area (Å²) in [7, 11) is -3.67. The maximum Gasteiger partial charge on any atom is 0.328 e. The Labute approximate surface area is 240 Å². The molecule has 0 bridgehead atoms. The summed E-state index contributed by atoms with van der Waals surface area (Å²) in [6, 6.07) is 21.1. The van der Waals surface area contributed by atoms with Gasteiger partial charge in [0.25, 0.3) is 13.9 Å². The zero-order valence-corrected chi connectivity index (χ0v) is 27.2. The molecular weight excluding hydrogens is 533 g/mol. The zero-order chi connectivity index (χ0) is 29.8. The fraction of sp³-hybridized carbons (Fsp3) is 0.438. The molecule has 0 saturated heterocycles. The predicted molar refractivity (Wildman–Crippen MR) is 169 cm³/mol. The summed E-state index contributed by atoms with van der Waals surface area (Å²) in [5.41, 5.74) is -0.700. The molecule has 40 heavy (non-hydrogen) atoms. The van der Waals surface area contributed by atoms with Gasteiger partial charge in [-0.2, -0.15) is 0 Å². The van der Waals surface area contributed by atoms with Crippen LogP contribution in [0.15, 0.2) is 76.4 Å². The maximum atomic E-state index is 12.3. The van der Waals surface area contributed by atoms with Gasteiger partial charge < -0.3 is 13.8 Å². The molecule has 1 atom stereocenters. The monoisotopic (exact) mass is 576 g/mol. The van der Waals surface area contributed by atoms with E-state index in [1.54, 1.807) is 7.05 Å². The number of nitrogens with zero attached hydrogens (tertiary/aromatic N) is 1. The molecule has 0 spiro atoms. The van der Waals surface area contributed by atoms with Crippen LogP contribution < -0.4 is 21.6 Å². The van der Waals surface area contributed by atoms with Crippen molar-refractivity contribution in [2.24, 2.45) is 13.0 Å². The van der Waals surface area contributed by atoms with Crippen LogP contribution in [-0.2, 0) is 11.5 Å². The zero-order valence-electron chi connectivity index (χ0n) is 25.2. The molecule has 214 valence electrons. The first-order valence-electron chi connectivity index (χ1n) is 13.8. The topological polar surface area (TPSA) is 84.3 Å². The molecule has 0 aliphatic carbocycles. The lowest BCUT2D eigenvalue weighted by molar-refractivity contribution is 0.215. The van der Waals surface area contributed by atoms with E-state index in [0.29, 0.717) is 13.0 Å². The Morgan fingerprint density at radius 1 is 0.950 bits per heavy atom. The molecule has 2 aromatic carbocycles. The molecule has 6 nitrogen and oxygen atoms in total. The van der Waals surface area contributed by atoms with Crippen molar-refractivity contribution in [3.8, 4) is 11.8 Å². The second-order valence-corrected chi connectivity index (χ2v) is 21.7. The number of benzene rings is 2. The second kappa shape index (κ2) is 12.3. The highest BCUT2D eigenvalue weighted by atomic mass is 28.4. The number of hydrogen-bond acceptors (Lipinski definition) is 4. The molecule has 0 amide bonds. The van der Waals surface area contributed by atoms with Gasteiger partial charge in [-0.1, -0.05) is 107 Å². The molecule has 0 saturated carbocycles. The van der Waals surface area contributed by atoms with Gasteiger partial charge in [0.1, 0.15) is 5.56 Å². The van der Waals surface area contributed by atoms with Gasteiger partial charge in [0.05, 0.1) is 0 Å². The first kappa shape index (κ1) is 31.6. The van der Waals surface area contributed by atoms with E-state index in [1.165, 1.54) is 21.1 Å². The lowest BCUT2D eigenvalue weighted by Gasteiger charge is -2.44. The Kier molecular flexibility index (Phi) is 9.68. The van der Waals surface area contributed by atoms with Gasteiger partial charge in [-0.3, -0.25) is 9.78 Å². The Bertz CT molecular complexity index is 1420. The van der Waals surface area contributed by atoms with Crippen molar-refractivity contribution in [2.75, 3.05) is 6.61 Å². The van der Waals surface area contributed by atoms with Crippen LogP contribution in [0.25, 0.3) is 0 Å². The van der Waals surface area contributed by atoms with E-state index in [1.807, 2.05) is 25.2 Å². The summed E-state index contributed by atoms with van der Waals surface area (Å²) in [5, 5.41) is 1.99. The van der Waals surface area contributed by atoms with Gasteiger partial charge in [-0.05, 0) is 45.9 Å². The first-order valence-corrected chi connectivity index (χ1v) is 18.7. The van der Waals surface area contributed by atoms with E-state index in [9.17, 15) is 14.4 Å². The van der Waals surface area contributed by atoms with Crippen molar-refractivity contribution in [1.29, 1.82) is 0 Å². The van der Waals surface area contributed by atoms with E-state index in [0.717, 1.165) is 6.42 Å². The Morgan fingerprint density at radius 2 is 1.48 bits per heavy atom. The number of rotatable bonds is 9. The number of aromatic nitrogens is 2. The standard InChI is InChI=1S/C32H44N2O4Si2/c1-31(2,3)40(27-18-11-9-12-19-27,28-20-13-10-14-21-28)38-24-25(22-32(4,5)39(7,8)37)16-15-17-26-23-34(6)30(36)33-29(26)35/h9-14,18-21,23,25,37H,16,22,24H2,1-8H3,(H,33,35,36)/t25-/m1/s1. The molecule has 0 fully saturated rings. The number of hydrogen-bond donors (Lipinski definition) is 2. The molecule has 3 aromatic rings. The van der Waals surface area contributed by atoms with Gasteiger partial charge in [-0.25, -0.2) is 4.79 Å². The summed E-state index contributed by atoms with van der Waals surface area (Å²) in [6.45, 7) is 15.4. The summed E-state index contributed by atoms with van der Waals surface area (Å²) in [6.07, 6.45) is 2.70. The van der Waals surface area contributed by atoms with Gasteiger partial charge in [-0.15, -0.1) is 0 Å². The Hall–Kier alpha value is -2.97. The number of aryl methyl sites for hydroxylation is 1. The van der Waals surface area contributed by atoms with E-state index in [-0.39, 0.29) is 21.6 Å². The van der Waals surface area contributed by atoms with E-state index < -0.39 is 27.9 Å². The van der Waals surface area contributed by atoms with Crippen molar-refractivity contribution < 1.29 is 9.22 Å². The van der Waals surface area contributed by atoms with Gasteiger partial charge >= 0.3 is 5.69 Å². The quantitative estimate of drug-likeness (QED) is 0.293. The van der Waals surface area contributed by atoms with Gasteiger partial charge in [0, 0.05) is 26.3 Å². The van der Waals surface area contributed by atoms with Crippen molar-refractivity contribution in [2.45, 2.75) is 70.6 Å². The first-order chi connectivity index (χ1) is 18.6. The van der Waals surface area contributed by atoms with Crippen molar-refractivity contribution in [1.82, 2.24) is 9.55 Å². The minimum absolute atomic E-state index is 0.0229. The lowest BCUT2D eigenvalue weighted by atomic mass is 9.94. The summed E-state index contributed by atoms with van der Waals surface area (Å²) >= 11 is 0. The molecular formula is C32H44N2O4Si2. The van der Waals surface area contributed by atoms with E-state index in [4.69, 9.17) is 4.43 Å². The van der Waals surface area contributed by atoms with Crippen LogP contribution in [0.2, 0.25) is 23.2 Å². The van der Waals surface area contributed by atoms with E-state index in [2.05, 4.69) is 100.0 Å². The van der Waals surface area contributed by atoms with Crippen LogP contribution in [0.3, 0.4) is 0 Å². The third-order valence-corrected chi connectivity index (χ3v) is 16.7. The summed E-state index contributed by atoms with van der Waals surface area (Å²) < 4.78 is 8.56. The molecule has 1 heterocycles. The number of nitrogens with one attached hydrogen (secondary N) is 1. The second-order valence-electron chi connectivity index (χ2n) is 12.9. The minimum Gasteiger partial charge on any atom is -0.432 e. The predicted octanol–water partition coefficient (Wildman–Crippen LogP) is 4.38. The lowest BCUT2D eigenvalue weighted by Crippen LogP contribution is -2.67. The van der Waals surface area contributed by atoms with Gasteiger partial charge in [0.2, 0.25) is 0 Å². The fourth-order valence-corrected chi connectivity index (χ4v) is 10.5. The average Bonchev–Trinajstić information content (AvgIpc) is 2.87. The van der Waals surface area contributed by atoms with Crippen LogP contribution in [-0.4, -0.2) is 37.6 Å². The molecule has 0 radical (unpaired) electrons.